The third-order valence-electron chi connectivity index (χ3n) is 3.83. The van der Waals surface area contributed by atoms with Gasteiger partial charge in [0.15, 0.2) is 5.13 Å². The van der Waals surface area contributed by atoms with E-state index < -0.39 is 0 Å². The van der Waals surface area contributed by atoms with Crippen LogP contribution in [0.25, 0.3) is 10.2 Å². The maximum absolute atomic E-state index is 11.7. The van der Waals surface area contributed by atoms with Crippen LogP contribution in [0.15, 0.2) is 36.5 Å². The molecule has 0 fully saturated rings. The van der Waals surface area contributed by atoms with Crippen LogP contribution in [0.2, 0.25) is 0 Å². The molecule has 0 radical (unpaired) electrons. The van der Waals surface area contributed by atoms with Crippen LogP contribution < -0.4 is 15.4 Å². The van der Waals surface area contributed by atoms with E-state index in [2.05, 4.69) is 20.6 Å². The number of benzene rings is 1. The number of rotatable bonds is 7. The van der Waals surface area contributed by atoms with E-state index in [1.165, 1.54) is 17.5 Å². The number of fused-ring (bicyclic) bond motifs is 1. The fraction of sp³-hybridized carbons (Fsp3) is 0.278. The molecule has 2 aromatic heterocycles. The maximum Gasteiger partial charge on any atom is 0.269 e. The van der Waals surface area contributed by atoms with Crippen LogP contribution in [0.5, 0.6) is 11.5 Å². The second-order valence-corrected chi connectivity index (χ2v) is 6.67. The van der Waals surface area contributed by atoms with Gasteiger partial charge in [-0.3, -0.25) is 9.78 Å². The number of carbonyl (C=O) groups excluding carboxylic acids is 1. The van der Waals surface area contributed by atoms with Crippen molar-refractivity contribution in [1.82, 2.24) is 15.3 Å². The number of hydrogen-bond acceptors (Lipinski definition) is 7. The van der Waals surface area contributed by atoms with Crippen LogP contribution in [-0.2, 0) is 0 Å². The van der Waals surface area contributed by atoms with E-state index in [0.29, 0.717) is 17.2 Å². The molecule has 1 amide bonds. The van der Waals surface area contributed by atoms with E-state index in [4.69, 9.17) is 4.74 Å². The van der Waals surface area contributed by atoms with Gasteiger partial charge in [0, 0.05) is 25.4 Å². The molecule has 1 atom stereocenters. The Morgan fingerprint density at radius 1 is 1.31 bits per heavy atom. The van der Waals surface area contributed by atoms with Crippen molar-refractivity contribution in [3.8, 4) is 11.5 Å². The Hall–Kier alpha value is -2.71. The summed E-state index contributed by atoms with van der Waals surface area (Å²) in [6.07, 6.45) is 2.35. The van der Waals surface area contributed by atoms with Crippen molar-refractivity contribution in [1.29, 1.82) is 0 Å². The predicted molar refractivity (Wildman–Crippen MR) is 102 cm³/mol. The average Bonchev–Trinajstić information content (AvgIpc) is 3.07. The number of nitrogens with one attached hydrogen (secondary N) is 2. The van der Waals surface area contributed by atoms with Crippen LogP contribution in [0.1, 0.15) is 23.8 Å². The first-order valence-electron chi connectivity index (χ1n) is 8.27. The lowest BCUT2D eigenvalue weighted by Gasteiger charge is -2.11. The zero-order chi connectivity index (χ0) is 18.5. The van der Waals surface area contributed by atoms with Gasteiger partial charge >= 0.3 is 0 Å². The normalized spacial score (nSPS) is 12.0. The Bertz CT molecular complexity index is 908. The molecule has 0 spiro atoms. The van der Waals surface area contributed by atoms with Gasteiger partial charge in [0.1, 0.15) is 17.2 Å². The van der Waals surface area contributed by atoms with Crippen molar-refractivity contribution >= 4 is 32.6 Å². The Kier molecular flexibility index (Phi) is 5.65. The molecule has 3 N–H and O–H groups in total. The average molecular weight is 372 g/mol. The Balaban J connectivity index is 1.80. The SMILES string of the molecule is CCC(CO)Nc1nc2ccc(Oc3ccnc(C(=O)NC)c3)cc2s1. The van der Waals surface area contributed by atoms with Crippen molar-refractivity contribution in [3.05, 3.63) is 42.2 Å². The third kappa shape index (κ3) is 4.09. The lowest BCUT2D eigenvalue weighted by atomic mass is 10.2. The van der Waals surface area contributed by atoms with Crippen molar-refractivity contribution in [2.75, 3.05) is 19.0 Å². The highest BCUT2D eigenvalue weighted by atomic mass is 32.1. The molecule has 136 valence electrons. The summed E-state index contributed by atoms with van der Waals surface area (Å²) in [5, 5.41) is 15.8. The highest BCUT2D eigenvalue weighted by Gasteiger charge is 2.11. The van der Waals surface area contributed by atoms with Crippen LogP contribution in [0.4, 0.5) is 5.13 Å². The second-order valence-electron chi connectivity index (χ2n) is 5.64. The molecule has 1 aromatic carbocycles. The summed E-state index contributed by atoms with van der Waals surface area (Å²) in [6, 6.07) is 8.89. The van der Waals surface area contributed by atoms with E-state index >= 15 is 0 Å². The molecule has 26 heavy (non-hydrogen) atoms. The van der Waals surface area contributed by atoms with Gasteiger partial charge in [-0.15, -0.1) is 0 Å². The molecule has 0 aliphatic heterocycles. The molecule has 0 aliphatic rings. The number of thiazole rings is 1. The van der Waals surface area contributed by atoms with Crippen LogP contribution >= 0.6 is 11.3 Å². The van der Waals surface area contributed by atoms with Crippen LogP contribution in [0.3, 0.4) is 0 Å². The van der Waals surface area contributed by atoms with Crippen LogP contribution in [-0.4, -0.2) is 40.7 Å². The first kappa shape index (κ1) is 18.1. The molecule has 0 bridgehead atoms. The van der Waals surface area contributed by atoms with E-state index in [-0.39, 0.29) is 18.6 Å². The number of pyridine rings is 1. The summed E-state index contributed by atoms with van der Waals surface area (Å²) >= 11 is 1.50. The molecular formula is C18H20N4O3S. The molecular weight excluding hydrogens is 352 g/mol. The molecule has 0 aliphatic carbocycles. The second kappa shape index (κ2) is 8.11. The van der Waals surface area contributed by atoms with Gasteiger partial charge < -0.3 is 20.5 Å². The van der Waals surface area contributed by atoms with Crippen molar-refractivity contribution in [3.63, 3.8) is 0 Å². The highest BCUT2D eigenvalue weighted by molar-refractivity contribution is 7.22. The van der Waals surface area contributed by atoms with Gasteiger partial charge in [-0.05, 0) is 24.6 Å². The molecule has 2 heterocycles. The van der Waals surface area contributed by atoms with Gasteiger partial charge in [0.25, 0.3) is 5.91 Å². The molecule has 7 nitrogen and oxygen atoms in total. The molecule has 3 rings (SSSR count). The van der Waals surface area contributed by atoms with E-state index in [9.17, 15) is 9.90 Å². The van der Waals surface area contributed by atoms with E-state index in [0.717, 1.165) is 21.8 Å². The summed E-state index contributed by atoms with van der Waals surface area (Å²) in [5.41, 5.74) is 1.16. The number of ether oxygens (including phenoxy) is 1. The van der Waals surface area contributed by atoms with Gasteiger partial charge in [-0.1, -0.05) is 18.3 Å². The maximum atomic E-state index is 11.7. The zero-order valence-corrected chi connectivity index (χ0v) is 15.3. The van der Waals surface area contributed by atoms with Crippen LogP contribution in [0, 0.1) is 0 Å². The molecule has 1 unspecified atom stereocenters. The third-order valence-corrected chi connectivity index (χ3v) is 4.78. The summed E-state index contributed by atoms with van der Waals surface area (Å²) in [5.74, 6) is 0.918. The first-order valence-corrected chi connectivity index (χ1v) is 9.08. The quantitative estimate of drug-likeness (QED) is 0.590. The van der Waals surface area contributed by atoms with Crippen molar-refractivity contribution in [2.45, 2.75) is 19.4 Å². The fourth-order valence-corrected chi connectivity index (χ4v) is 3.32. The monoisotopic (exact) mass is 372 g/mol. The van der Waals surface area contributed by atoms with Gasteiger partial charge in [-0.25, -0.2) is 4.98 Å². The van der Waals surface area contributed by atoms with E-state index in [1.807, 2.05) is 25.1 Å². The number of hydrogen-bond donors (Lipinski definition) is 3. The van der Waals surface area contributed by atoms with Gasteiger partial charge in [-0.2, -0.15) is 0 Å². The van der Waals surface area contributed by atoms with Gasteiger partial charge in [0.05, 0.1) is 22.9 Å². The lowest BCUT2D eigenvalue weighted by molar-refractivity contribution is 0.0958. The standard InChI is InChI=1S/C18H20N4O3S/c1-3-11(10-23)21-18-22-14-5-4-12(9-16(14)26-18)25-13-6-7-20-15(8-13)17(24)19-2/h4-9,11,23H,3,10H2,1-2H3,(H,19,24)(H,21,22). The first-order chi connectivity index (χ1) is 12.6. The minimum atomic E-state index is -0.265. The zero-order valence-electron chi connectivity index (χ0n) is 14.5. The topological polar surface area (TPSA) is 96.4 Å². The lowest BCUT2D eigenvalue weighted by Crippen LogP contribution is -2.22. The number of aliphatic hydroxyl groups excluding tert-OH is 1. The Morgan fingerprint density at radius 2 is 2.12 bits per heavy atom. The minimum absolute atomic E-state index is 0.00812. The van der Waals surface area contributed by atoms with Gasteiger partial charge in [0.2, 0.25) is 0 Å². The summed E-state index contributed by atoms with van der Waals surface area (Å²) in [4.78, 5) is 20.2. The van der Waals surface area contributed by atoms with Crippen molar-refractivity contribution < 1.29 is 14.6 Å². The fourth-order valence-electron chi connectivity index (χ4n) is 2.34. The largest absolute Gasteiger partial charge is 0.457 e. The van der Waals surface area contributed by atoms with Crippen molar-refractivity contribution in [2.24, 2.45) is 0 Å². The molecule has 8 heteroatoms. The molecule has 0 saturated heterocycles. The number of aromatic nitrogens is 2. The summed E-state index contributed by atoms with van der Waals surface area (Å²) in [6.45, 7) is 2.07. The smallest absolute Gasteiger partial charge is 0.269 e. The predicted octanol–water partition coefficient (Wildman–Crippen LogP) is 3.03. The molecule has 0 saturated carbocycles. The molecule has 3 aromatic rings. The Morgan fingerprint density at radius 3 is 2.85 bits per heavy atom. The number of aliphatic hydroxyl groups is 1. The number of amides is 1. The summed E-state index contributed by atoms with van der Waals surface area (Å²) in [7, 11) is 1.56. The number of carbonyl (C=O) groups is 1. The Labute approximate surface area is 155 Å². The highest BCUT2D eigenvalue weighted by Crippen LogP contribution is 2.31. The number of nitrogens with zero attached hydrogens (tertiary/aromatic N) is 2. The summed E-state index contributed by atoms with van der Waals surface area (Å²) < 4.78 is 6.82. The number of anilines is 1. The minimum Gasteiger partial charge on any atom is -0.457 e. The van der Waals surface area contributed by atoms with E-state index in [1.54, 1.807) is 19.2 Å².